The van der Waals surface area contributed by atoms with E-state index in [1.165, 1.54) is 18.2 Å². The van der Waals surface area contributed by atoms with Gasteiger partial charge >= 0.3 is 0 Å². The number of rotatable bonds is 6. The second-order valence-electron chi connectivity index (χ2n) is 6.79. The number of amides is 2. The minimum Gasteiger partial charge on any atom is -0.483 e. The van der Waals surface area contributed by atoms with Crippen LogP contribution in [0.4, 0.5) is 15.8 Å². The molecule has 0 fully saturated rings. The van der Waals surface area contributed by atoms with Crippen LogP contribution in [0.5, 0.6) is 5.75 Å². The molecule has 0 unspecified atom stereocenters. The average Bonchev–Trinajstić information content (AvgIpc) is 2.80. The van der Waals surface area contributed by atoms with Gasteiger partial charge in [0.1, 0.15) is 11.6 Å². The van der Waals surface area contributed by atoms with Gasteiger partial charge in [-0.2, -0.15) is 0 Å². The minimum absolute atomic E-state index is 0.0677. The number of nitrogens with one attached hydrogen (secondary N) is 2. The largest absolute Gasteiger partial charge is 0.483 e. The summed E-state index contributed by atoms with van der Waals surface area (Å²) in [5.74, 6) is -1.18. The van der Waals surface area contributed by atoms with E-state index >= 15 is 0 Å². The van der Waals surface area contributed by atoms with E-state index < -0.39 is 11.7 Å². The van der Waals surface area contributed by atoms with Crippen LogP contribution in [0.3, 0.4) is 0 Å². The van der Waals surface area contributed by atoms with Gasteiger partial charge in [-0.15, -0.1) is 0 Å². The summed E-state index contributed by atoms with van der Waals surface area (Å²) in [4.78, 5) is 25.1. The van der Waals surface area contributed by atoms with Crippen molar-refractivity contribution in [2.75, 3.05) is 17.2 Å². The van der Waals surface area contributed by atoms with Crippen LogP contribution in [0.15, 0.2) is 91.0 Å². The van der Waals surface area contributed by atoms with Gasteiger partial charge in [-0.25, -0.2) is 4.39 Å². The lowest BCUT2D eigenvalue weighted by Gasteiger charge is -2.13. The van der Waals surface area contributed by atoms with E-state index in [1.807, 2.05) is 42.5 Å². The highest BCUT2D eigenvalue weighted by molar-refractivity contribution is 6.10. The van der Waals surface area contributed by atoms with Crippen LogP contribution in [-0.2, 0) is 4.79 Å². The molecule has 0 atom stereocenters. The first-order valence-electron chi connectivity index (χ1n) is 9.67. The molecule has 0 spiro atoms. The van der Waals surface area contributed by atoms with Crippen LogP contribution >= 0.6 is 0 Å². The Hall–Kier alpha value is -4.19. The molecule has 0 aliphatic heterocycles. The molecule has 0 aromatic heterocycles. The molecule has 0 bridgehead atoms. The third-order valence-electron chi connectivity index (χ3n) is 4.68. The van der Waals surface area contributed by atoms with E-state index in [-0.39, 0.29) is 29.5 Å². The van der Waals surface area contributed by atoms with Crippen LogP contribution < -0.4 is 15.4 Å². The molecule has 31 heavy (non-hydrogen) atoms. The van der Waals surface area contributed by atoms with Crippen molar-refractivity contribution >= 4 is 34.0 Å². The van der Waals surface area contributed by atoms with Crippen molar-refractivity contribution in [2.24, 2.45) is 0 Å². The molecule has 0 heterocycles. The second-order valence-corrected chi connectivity index (χ2v) is 6.79. The number of hydrogen-bond acceptors (Lipinski definition) is 3. The van der Waals surface area contributed by atoms with Gasteiger partial charge in [-0.3, -0.25) is 9.59 Å². The minimum atomic E-state index is -0.536. The Labute approximate surface area is 178 Å². The molecular formula is C25H19FN2O3. The van der Waals surface area contributed by atoms with Crippen molar-refractivity contribution in [1.29, 1.82) is 0 Å². The van der Waals surface area contributed by atoms with Crippen LogP contribution in [0, 0.1) is 5.82 Å². The molecule has 6 heteroatoms. The van der Waals surface area contributed by atoms with E-state index in [2.05, 4.69) is 10.6 Å². The lowest BCUT2D eigenvalue weighted by atomic mass is 10.1. The average molecular weight is 414 g/mol. The first-order valence-corrected chi connectivity index (χ1v) is 9.67. The number of benzene rings is 4. The van der Waals surface area contributed by atoms with Gasteiger partial charge in [0, 0.05) is 11.1 Å². The number of halogens is 1. The highest BCUT2D eigenvalue weighted by Crippen LogP contribution is 2.25. The first kappa shape index (κ1) is 20.1. The molecule has 4 aromatic rings. The molecule has 0 aliphatic carbocycles. The van der Waals surface area contributed by atoms with Gasteiger partial charge in [-0.05, 0) is 35.7 Å². The number of anilines is 2. The quantitative estimate of drug-likeness (QED) is 0.453. The van der Waals surface area contributed by atoms with E-state index in [4.69, 9.17) is 4.74 Å². The summed E-state index contributed by atoms with van der Waals surface area (Å²) in [6, 6.07) is 25.9. The monoisotopic (exact) mass is 414 g/mol. The molecule has 5 nitrogen and oxygen atoms in total. The molecule has 2 amide bonds. The van der Waals surface area contributed by atoms with Crippen LogP contribution in [-0.4, -0.2) is 18.4 Å². The Balaban J connectivity index is 1.47. The number of fused-ring (bicyclic) bond motifs is 1. The smallest absolute Gasteiger partial charge is 0.262 e. The van der Waals surface area contributed by atoms with Crippen molar-refractivity contribution in [2.45, 2.75) is 0 Å². The Kier molecular flexibility index (Phi) is 5.89. The SMILES string of the molecule is O=C(COc1ccccc1C(=O)Nc1cccc2ccccc12)Nc1ccccc1F. The van der Waals surface area contributed by atoms with Gasteiger partial charge in [0.2, 0.25) is 0 Å². The summed E-state index contributed by atoms with van der Waals surface area (Å²) in [7, 11) is 0. The van der Waals surface area contributed by atoms with Gasteiger partial charge in [0.15, 0.2) is 6.61 Å². The molecule has 4 rings (SSSR count). The molecule has 0 aliphatic rings. The molecule has 2 N–H and O–H groups in total. The highest BCUT2D eigenvalue weighted by atomic mass is 19.1. The summed E-state index contributed by atoms with van der Waals surface area (Å²) in [6.45, 7) is -0.368. The lowest BCUT2D eigenvalue weighted by molar-refractivity contribution is -0.118. The Morgan fingerprint density at radius 2 is 1.42 bits per heavy atom. The van der Waals surface area contributed by atoms with Gasteiger partial charge in [0.05, 0.1) is 11.3 Å². The zero-order valence-electron chi connectivity index (χ0n) is 16.5. The maximum atomic E-state index is 13.7. The van der Waals surface area contributed by atoms with Crippen LogP contribution in [0.25, 0.3) is 10.8 Å². The van der Waals surface area contributed by atoms with Crippen molar-refractivity contribution in [1.82, 2.24) is 0 Å². The number of para-hydroxylation sites is 2. The third-order valence-corrected chi connectivity index (χ3v) is 4.68. The fourth-order valence-electron chi connectivity index (χ4n) is 3.20. The fourth-order valence-corrected chi connectivity index (χ4v) is 3.20. The standard InChI is InChI=1S/C25H19FN2O3/c26-20-12-4-5-13-22(20)27-24(29)16-31-23-15-6-3-11-19(23)25(30)28-21-14-7-9-17-8-1-2-10-18(17)21/h1-15H,16H2,(H,27,29)(H,28,30). The number of carbonyl (C=O) groups is 2. The highest BCUT2D eigenvalue weighted by Gasteiger charge is 2.15. The molecule has 0 saturated heterocycles. The lowest BCUT2D eigenvalue weighted by Crippen LogP contribution is -2.22. The van der Waals surface area contributed by atoms with E-state index in [1.54, 1.807) is 30.3 Å². The van der Waals surface area contributed by atoms with Crippen LogP contribution in [0.2, 0.25) is 0 Å². The van der Waals surface area contributed by atoms with Crippen molar-refractivity contribution in [3.05, 3.63) is 102 Å². The van der Waals surface area contributed by atoms with Crippen molar-refractivity contribution in [3.8, 4) is 5.75 Å². The molecular weight excluding hydrogens is 395 g/mol. The summed E-state index contributed by atoms with van der Waals surface area (Å²) in [5.41, 5.74) is 1.03. The number of carbonyl (C=O) groups excluding carboxylic acids is 2. The second kappa shape index (κ2) is 9.09. The van der Waals surface area contributed by atoms with Gasteiger partial charge < -0.3 is 15.4 Å². The maximum absolute atomic E-state index is 13.7. The predicted molar refractivity (Wildman–Crippen MR) is 119 cm³/mol. The number of hydrogen-bond donors (Lipinski definition) is 2. The summed E-state index contributed by atoms with van der Waals surface area (Å²) < 4.78 is 19.3. The van der Waals surface area contributed by atoms with Crippen molar-refractivity contribution < 1.29 is 18.7 Å². The third kappa shape index (κ3) is 4.70. The topological polar surface area (TPSA) is 67.4 Å². The Morgan fingerprint density at radius 1 is 0.742 bits per heavy atom. The fraction of sp³-hybridized carbons (Fsp3) is 0.0400. The number of ether oxygens (including phenoxy) is 1. The predicted octanol–water partition coefficient (Wildman–Crippen LogP) is 5.25. The first-order chi connectivity index (χ1) is 15.1. The van der Waals surface area contributed by atoms with E-state index in [9.17, 15) is 14.0 Å². The van der Waals surface area contributed by atoms with Crippen molar-refractivity contribution in [3.63, 3.8) is 0 Å². The summed E-state index contributed by atoms with van der Waals surface area (Å²) >= 11 is 0. The molecule has 154 valence electrons. The Morgan fingerprint density at radius 3 is 2.29 bits per heavy atom. The van der Waals surface area contributed by atoms with Crippen LogP contribution in [0.1, 0.15) is 10.4 Å². The normalized spacial score (nSPS) is 10.5. The molecule has 0 saturated carbocycles. The summed E-state index contributed by atoms with van der Waals surface area (Å²) in [5, 5.41) is 7.28. The Bertz CT molecular complexity index is 1250. The van der Waals surface area contributed by atoms with E-state index in [0.717, 1.165) is 10.8 Å². The van der Waals surface area contributed by atoms with E-state index in [0.29, 0.717) is 5.69 Å². The van der Waals surface area contributed by atoms with Gasteiger partial charge in [-0.1, -0.05) is 60.7 Å². The molecule has 4 aromatic carbocycles. The molecule has 0 radical (unpaired) electrons. The summed E-state index contributed by atoms with van der Waals surface area (Å²) in [6.07, 6.45) is 0. The zero-order valence-corrected chi connectivity index (χ0v) is 16.5. The maximum Gasteiger partial charge on any atom is 0.262 e. The zero-order chi connectivity index (χ0) is 21.6. The van der Waals surface area contributed by atoms with Gasteiger partial charge in [0.25, 0.3) is 11.8 Å².